The van der Waals surface area contributed by atoms with Gasteiger partial charge in [0.15, 0.2) is 0 Å². The lowest BCUT2D eigenvalue weighted by atomic mass is 10.2. The Balaban J connectivity index is 3.44. The van der Waals surface area contributed by atoms with Crippen LogP contribution >= 0.6 is 0 Å². The number of allylic oxidation sites excluding steroid dienone is 2. The molecule has 0 heterocycles. The summed E-state index contributed by atoms with van der Waals surface area (Å²) in [4.78, 5) is 9.85. The molecule has 0 amide bonds. The van der Waals surface area contributed by atoms with Crippen LogP contribution in [0.15, 0.2) is 11.6 Å². The molecule has 0 rings (SSSR count). The molecule has 0 atom stereocenters. The molecule has 0 aromatic rings. The van der Waals surface area contributed by atoms with Crippen LogP contribution in [-0.4, -0.2) is 6.29 Å². The normalized spacial score (nSPS) is 11.5. The van der Waals surface area contributed by atoms with Crippen LogP contribution < -0.4 is 0 Å². The number of hydrogen-bond acceptors (Lipinski definition) is 1. The molecule has 1 heteroatoms. The molecule has 0 spiro atoms. The van der Waals surface area contributed by atoms with Gasteiger partial charge in [-0.15, -0.1) is 0 Å². The molecule has 1 nitrogen and oxygen atoms in total. The van der Waals surface area contributed by atoms with E-state index in [-0.39, 0.29) is 0 Å². The smallest absolute Gasteiger partial charge is 0.124 e. The van der Waals surface area contributed by atoms with Crippen molar-refractivity contribution >= 4 is 6.29 Å². The standard InChI is InChI=1S/C7H12O/c1-3-4-7(2)5-6-8/h4,6H,3,5H2,1-2H3/b7-4+. The van der Waals surface area contributed by atoms with Crippen LogP contribution in [0.5, 0.6) is 0 Å². The Hall–Kier alpha value is -0.590. The van der Waals surface area contributed by atoms with Crippen LogP contribution in [0.2, 0.25) is 0 Å². The first-order valence-electron chi connectivity index (χ1n) is 2.90. The maximum Gasteiger partial charge on any atom is 0.124 e. The molecule has 0 radical (unpaired) electrons. The first-order chi connectivity index (χ1) is 3.81. The minimum atomic E-state index is 0.591. The molecule has 0 fully saturated rings. The predicted octanol–water partition coefficient (Wildman–Crippen LogP) is 1.93. The van der Waals surface area contributed by atoms with E-state index < -0.39 is 0 Å². The van der Waals surface area contributed by atoms with Crippen molar-refractivity contribution in [3.63, 3.8) is 0 Å². The molecule has 0 unspecified atom stereocenters. The van der Waals surface area contributed by atoms with E-state index in [2.05, 4.69) is 13.0 Å². The van der Waals surface area contributed by atoms with E-state index >= 15 is 0 Å². The molecule has 0 aromatic heterocycles. The van der Waals surface area contributed by atoms with Gasteiger partial charge in [0.2, 0.25) is 0 Å². The summed E-state index contributed by atoms with van der Waals surface area (Å²) in [6.45, 7) is 4.03. The lowest BCUT2D eigenvalue weighted by Crippen LogP contribution is -1.75. The Kier molecular flexibility index (Phi) is 4.23. The summed E-state index contributed by atoms with van der Waals surface area (Å²) >= 11 is 0. The Morgan fingerprint density at radius 1 is 1.62 bits per heavy atom. The average molecular weight is 112 g/mol. The number of rotatable bonds is 3. The number of carbonyl (C=O) groups is 1. The first kappa shape index (κ1) is 7.41. The van der Waals surface area contributed by atoms with Crippen molar-refractivity contribution in [2.75, 3.05) is 0 Å². The highest BCUT2D eigenvalue weighted by Gasteiger charge is 1.82. The molecule has 0 N–H and O–H groups in total. The predicted molar refractivity (Wildman–Crippen MR) is 34.7 cm³/mol. The summed E-state index contributed by atoms with van der Waals surface area (Å²) in [5, 5.41) is 0. The Bertz CT molecular complexity index is 92.6. The van der Waals surface area contributed by atoms with Gasteiger partial charge in [0, 0.05) is 6.42 Å². The Labute approximate surface area is 50.4 Å². The van der Waals surface area contributed by atoms with E-state index in [0.717, 1.165) is 12.7 Å². The third-order valence-corrected chi connectivity index (χ3v) is 0.958. The van der Waals surface area contributed by atoms with Crippen LogP contribution in [0.25, 0.3) is 0 Å². The molecule has 8 heavy (non-hydrogen) atoms. The first-order valence-corrected chi connectivity index (χ1v) is 2.90. The van der Waals surface area contributed by atoms with Crippen molar-refractivity contribution in [3.05, 3.63) is 11.6 Å². The van der Waals surface area contributed by atoms with Crippen LogP contribution in [0, 0.1) is 0 Å². The van der Waals surface area contributed by atoms with Crippen LogP contribution in [0.3, 0.4) is 0 Å². The van der Waals surface area contributed by atoms with E-state index in [4.69, 9.17) is 0 Å². The molecule has 0 bridgehead atoms. The summed E-state index contributed by atoms with van der Waals surface area (Å²) in [5.74, 6) is 0. The fraction of sp³-hybridized carbons (Fsp3) is 0.571. The topological polar surface area (TPSA) is 17.1 Å². The van der Waals surface area contributed by atoms with E-state index in [0.29, 0.717) is 6.42 Å². The van der Waals surface area contributed by atoms with Crippen LogP contribution in [0.4, 0.5) is 0 Å². The zero-order chi connectivity index (χ0) is 6.41. The lowest BCUT2D eigenvalue weighted by Gasteiger charge is -1.87. The highest BCUT2D eigenvalue weighted by Crippen LogP contribution is 1.96. The minimum Gasteiger partial charge on any atom is -0.303 e. The minimum absolute atomic E-state index is 0.591. The number of hydrogen-bond donors (Lipinski definition) is 0. The maximum atomic E-state index is 9.85. The van der Waals surface area contributed by atoms with Crippen LogP contribution in [-0.2, 0) is 4.79 Å². The molecule has 0 aromatic carbocycles. The van der Waals surface area contributed by atoms with Gasteiger partial charge in [-0.2, -0.15) is 0 Å². The van der Waals surface area contributed by atoms with Crippen molar-refractivity contribution in [3.8, 4) is 0 Å². The SMILES string of the molecule is CC/C=C(\C)CC=O. The van der Waals surface area contributed by atoms with Gasteiger partial charge in [0.25, 0.3) is 0 Å². The van der Waals surface area contributed by atoms with Crippen molar-refractivity contribution in [1.82, 2.24) is 0 Å². The quantitative estimate of drug-likeness (QED) is 0.402. The summed E-state index contributed by atoms with van der Waals surface area (Å²) < 4.78 is 0. The molecule has 0 aliphatic rings. The van der Waals surface area contributed by atoms with Gasteiger partial charge in [-0.1, -0.05) is 18.6 Å². The lowest BCUT2D eigenvalue weighted by molar-refractivity contribution is -0.107. The molecule has 0 saturated heterocycles. The molecule has 0 aliphatic heterocycles. The fourth-order valence-electron chi connectivity index (χ4n) is 0.563. The van der Waals surface area contributed by atoms with Gasteiger partial charge in [0.05, 0.1) is 0 Å². The number of carbonyl (C=O) groups excluding carboxylic acids is 1. The van der Waals surface area contributed by atoms with E-state index in [1.807, 2.05) is 6.92 Å². The zero-order valence-corrected chi connectivity index (χ0v) is 5.48. The van der Waals surface area contributed by atoms with Gasteiger partial charge in [-0.05, 0) is 13.3 Å². The van der Waals surface area contributed by atoms with Gasteiger partial charge < -0.3 is 4.79 Å². The highest BCUT2D eigenvalue weighted by atomic mass is 16.1. The fourth-order valence-corrected chi connectivity index (χ4v) is 0.563. The van der Waals surface area contributed by atoms with E-state index in [1.54, 1.807) is 0 Å². The Morgan fingerprint density at radius 3 is 2.62 bits per heavy atom. The summed E-state index contributed by atoms with van der Waals surface area (Å²) in [7, 11) is 0. The van der Waals surface area contributed by atoms with Crippen molar-refractivity contribution < 1.29 is 4.79 Å². The van der Waals surface area contributed by atoms with E-state index in [9.17, 15) is 4.79 Å². The van der Waals surface area contributed by atoms with Gasteiger partial charge in [-0.25, -0.2) is 0 Å². The zero-order valence-electron chi connectivity index (χ0n) is 5.48. The van der Waals surface area contributed by atoms with Crippen molar-refractivity contribution in [2.45, 2.75) is 26.7 Å². The monoisotopic (exact) mass is 112 g/mol. The van der Waals surface area contributed by atoms with Crippen molar-refractivity contribution in [2.24, 2.45) is 0 Å². The second-order valence-corrected chi connectivity index (χ2v) is 1.83. The third kappa shape index (κ3) is 3.59. The molecule has 0 aliphatic carbocycles. The third-order valence-electron chi connectivity index (χ3n) is 0.958. The molecule has 46 valence electrons. The second kappa shape index (κ2) is 4.57. The highest BCUT2D eigenvalue weighted by molar-refractivity contribution is 5.53. The molecular formula is C7H12O. The van der Waals surface area contributed by atoms with Gasteiger partial charge in [-0.3, -0.25) is 0 Å². The average Bonchev–Trinajstić information content (AvgIpc) is 1.68. The molecular weight excluding hydrogens is 100 g/mol. The van der Waals surface area contributed by atoms with Crippen LogP contribution in [0.1, 0.15) is 26.7 Å². The Morgan fingerprint density at radius 2 is 2.25 bits per heavy atom. The summed E-state index contributed by atoms with van der Waals surface area (Å²) in [6.07, 6.45) is 4.61. The maximum absolute atomic E-state index is 9.85. The van der Waals surface area contributed by atoms with Gasteiger partial charge >= 0.3 is 0 Å². The second-order valence-electron chi connectivity index (χ2n) is 1.83. The molecule has 0 saturated carbocycles. The van der Waals surface area contributed by atoms with E-state index in [1.165, 1.54) is 5.57 Å². The van der Waals surface area contributed by atoms with Crippen molar-refractivity contribution in [1.29, 1.82) is 0 Å². The van der Waals surface area contributed by atoms with Gasteiger partial charge in [0.1, 0.15) is 6.29 Å². The summed E-state index contributed by atoms with van der Waals surface area (Å²) in [5.41, 5.74) is 1.17. The summed E-state index contributed by atoms with van der Waals surface area (Å²) in [6, 6.07) is 0. The largest absolute Gasteiger partial charge is 0.303 e. The number of aldehydes is 1.